The van der Waals surface area contributed by atoms with Crippen LogP contribution in [0.2, 0.25) is 0 Å². The highest BCUT2D eigenvalue weighted by molar-refractivity contribution is 5.97. The van der Waals surface area contributed by atoms with Crippen molar-refractivity contribution in [3.8, 4) is 0 Å². The molecule has 0 radical (unpaired) electrons. The van der Waals surface area contributed by atoms with Gasteiger partial charge in [-0.2, -0.15) is 0 Å². The molecule has 1 aromatic carbocycles. The van der Waals surface area contributed by atoms with Crippen LogP contribution in [0.3, 0.4) is 0 Å². The van der Waals surface area contributed by atoms with Gasteiger partial charge in [-0.3, -0.25) is 4.79 Å². The monoisotopic (exact) mass is 290 g/mol. The molecule has 1 fully saturated rings. The van der Waals surface area contributed by atoms with Crippen molar-refractivity contribution in [1.29, 1.82) is 0 Å². The summed E-state index contributed by atoms with van der Waals surface area (Å²) in [5.74, 6) is -0.394. The number of anilines is 1. The molecule has 21 heavy (non-hydrogen) atoms. The maximum atomic E-state index is 12.4. The lowest BCUT2D eigenvalue weighted by atomic mass is 9.82. The molecule has 1 heterocycles. The lowest BCUT2D eigenvalue weighted by Gasteiger charge is -2.32. The molecular formula is C16H22N2O3. The van der Waals surface area contributed by atoms with Gasteiger partial charge in [0.05, 0.1) is 17.6 Å². The average Bonchev–Trinajstić information content (AvgIpc) is 2.48. The lowest BCUT2D eigenvalue weighted by Crippen LogP contribution is -2.46. The Bertz CT molecular complexity index is 522. The number of esters is 1. The third-order valence-corrected chi connectivity index (χ3v) is 3.78. The molecule has 1 aliphatic heterocycles. The van der Waals surface area contributed by atoms with Crippen LogP contribution in [0, 0.1) is 5.41 Å². The normalized spacial score (nSPS) is 21.6. The number of carbonyl (C=O) groups excluding carboxylic acids is 2. The van der Waals surface area contributed by atoms with Crippen molar-refractivity contribution < 1.29 is 14.3 Å². The predicted octanol–water partition coefficient (Wildman–Crippen LogP) is 2.19. The van der Waals surface area contributed by atoms with Crippen molar-refractivity contribution >= 4 is 17.6 Å². The summed E-state index contributed by atoms with van der Waals surface area (Å²) >= 11 is 0. The van der Waals surface area contributed by atoms with Crippen molar-refractivity contribution in [2.75, 3.05) is 25.0 Å². The Morgan fingerprint density at radius 1 is 1.43 bits per heavy atom. The zero-order valence-corrected chi connectivity index (χ0v) is 12.6. The lowest BCUT2D eigenvalue weighted by molar-refractivity contribution is -0.125. The van der Waals surface area contributed by atoms with E-state index in [9.17, 15) is 9.59 Å². The Hall–Kier alpha value is -1.88. The van der Waals surface area contributed by atoms with Crippen LogP contribution in [0.1, 0.15) is 37.0 Å². The van der Waals surface area contributed by atoms with Crippen molar-refractivity contribution in [2.24, 2.45) is 5.41 Å². The number of benzene rings is 1. The minimum atomic E-state index is -0.405. The molecule has 0 saturated carbocycles. The van der Waals surface area contributed by atoms with E-state index in [4.69, 9.17) is 4.74 Å². The summed E-state index contributed by atoms with van der Waals surface area (Å²) in [6.07, 6.45) is 1.86. The van der Waals surface area contributed by atoms with Gasteiger partial charge < -0.3 is 15.4 Å². The summed E-state index contributed by atoms with van der Waals surface area (Å²) in [7, 11) is 0. The molecule has 0 aromatic heterocycles. The highest BCUT2D eigenvalue weighted by Crippen LogP contribution is 2.27. The second-order valence-corrected chi connectivity index (χ2v) is 5.60. The number of amides is 1. The maximum absolute atomic E-state index is 12.4. The van der Waals surface area contributed by atoms with Gasteiger partial charge in [0.15, 0.2) is 0 Å². The molecule has 1 aliphatic rings. The van der Waals surface area contributed by atoms with E-state index < -0.39 is 5.41 Å². The Morgan fingerprint density at radius 3 is 2.90 bits per heavy atom. The SMILES string of the molecule is CCOC(=O)c1cccc(NC(=O)C2(C)CCCNC2)c1. The van der Waals surface area contributed by atoms with Crippen LogP contribution in [0.25, 0.3) is 0 Å². The summed E-state index contributed by atoms with van der Waals surface area (Å²) < 4.78 is 4.96. The topological polar surface area (TPSA) is 67.4 Å². The molecule has 0 spiro atoms. The molecule has 1 saturated heterocycles. The Balaban J connectivity index is 2.07. The molecule has 0 bridgehead atoms. The number of nitrogens with one attached hydrogen (secondary N) is 2. The second kappa shape index (κ2) is 6.72. The van der Waals surface area contributed by atoms with E-state index in [0.717, 1.165) is 19.4 Å². The van der Waals surface area contributed by atoms with E-state index in [0.29, 0.717) is 24.4 Å². The van der Waals surface area contributed by atoms with Gasteiger partial charge in [-0.05, 0) is 51.4 Å². The summed E-state index contributed by atoms with van der Waals surface area (Å²) in [6, 6.07) is 6.84. The highest BCUT2D eigenvalue weighted by Gasteiger charge is 2.34. The maximum Gasteiger partial charge on any atom is 0.338 e. The van der Waals surface area contributed by atoms with Crippen molar-refractivity contribution in [3.63, 3.8) is 0 Å². The molecule has 1 atom stereocenters. The molecule has 1 aromatic rings. The minimum Gasteiger partial charge on any atom is -0.462 e. The number of ether oxygens (including phenoxy) is 1. The largest absolute Gasteiger partial charge is 0.462 e. The first-order chi connectivity index (χ1) is 10.0. The molecule has 5 nitrogen and oxygen atoms in total. The van der Waals surface area contributed by atoms with E-state index in [1.54, 1.807) is 31.2 Å². The molecule has 1 unspecified atom stereocenters. The van der Waals surface area contributed by atoms with Crippen molar-refractivity contribution in [2.45, 2.75) is 26.7 Å². The van der Waals surface area contributed by atoms with Gasteiger partial charge in [0.2, 0.25) is 5.91 Å². The van der Waals surface area contributed by atoms with Gasteiger partial charge in [0.25, 0.3) is 0 Å². The molecule has 2 rings (SSSR count). The Kier molecular flexibility index (Phi) is 4.96. The van der Waals surface area contributed by atoms with Crippen LogP contribution in [-0.2, 0) is 9.53 Å². The second-order valence-electron chi connectivity index (χ2n) is 5.60. The van der Waals surface area contributed by atoms with Gasteiger partial charge in [0.1, 0.15) is 0 Å². The summed E-state index contributed by atoms with van der Waals surface area (Å²) in [6.45, 7) is 5.70. The van der Waals surface area contributed by atoms with Crippen LogP contribution in [-0.4, -0.2) is 31.6 Å². The summed E-state index contributed by atoms with van der Waals surface area (Å²) in [4.78, 5) is 24.1. The zero-order valence-electron chi connectivity index (χ0n) is 12.6. The van der Waals surface area contributed by atoms with Gasteiger partial charge in [-0.15, -0.1) is 0 Å². The molecule has 5 heteroatoms. The minimum absolute atomic E-state index is 0.0179. The summed E-state index contributed by atoms with van der Waals surface area (Å²) in [5.41, 5.74) is 0.664. The van der Waals surface area contributed by atoms with E-state index >= 15 is 0 Å². The highest BCUT2D eigenvalue weighted by atomic mass is 16.5. The van der Waals surface area contributed by atoms with E-state index in [1.165, 1.54) is 0 Å². The van der Waals surface area contributed by atoms with Crippen molar-refractivity contribution in [3.05, 3.63) is 29.8 Å². The number of rotatable bonds is 4. The van der Waals surface area contributed by atoms with E-state index in [1.807, 2.05) is 6.92 Å². The molecule has 2 N–H and O–H groups in total. The number of piperidine rings is 1. The fourth-order valence-electron chi connectivity index (χ4n) is 2.47. The van der Waals surface area contributed by atoms with Gasteiger partial charge in [0, 0.05) is 12.2 Å². The van der Waals surface area contributed by atoms with Gasteiger partial charge in [-0.25, -0.2) is 4.79 Å². The quantitative estimate of drug-likeness (QED) is 0.834. The smallest absolute Gasteiger partial charge is 0.338 e. The van der Waals surface area contributed by atoms with E-state index in [-0.39, 0.29) is 11.9 Å². The van der Waals surface area contributed by atoms with Gasteiger partial charge >= 0.3 is 5.97 Å². The number of carbonyl (C=O) groups is 2. The number of hydrogen-bond donors (Lipinski definition) is 2. The van der Waals surface area contributed by atoms with Crippen LogP contribution >= 0.6 is 0 Å². The molecule has 1 amide bonds. The predicted molar refractivity (Wildman–Crippen MR) is 81.2 cm³/mol. The van der Waals surface area contributed by atoms with E-state index in [2.05, 4.69) is 10.6 Å². The van der Waals surface area contributed by atoms with Crippen LogP contribution in [0.4, 0.5) is 5.69 Å². The van der Waals surface area contributed by atoms with Gasteiger partial charge in [-0.1, -0.05) is 6.07 Å². The fourth-order valence-corrected chi connectivity index (χ4v) is 2.47. The van der Waals surface area contributed by atoms with Crippen LogP contribution < -0.4 is 10.6 Å². The zero-order chi connectivity index (χ0) is 15.3. The summed E-state index contributed by atoms with van der Waals surface area (Å²) in [5, 5.41) is 6.16. The first kappa shape index (κ1) is 15.5. The Labute approximate surface area is 125 Å². The third kappa shape index (κ3) is 3.82. The molecule has 114 valence electrons. The van der Waals surface area contributed by atoms with Crippen molar-refractivity contribution in [1.82, 2.24) is 5.32 Å². The Morgan fingerprint density at radius 2 is 2.24 bits per heavy atom. The van der Waals surface area contributed by atoms with Crippen LogP contribution in [0.5, 0.6) is 0 Å². The molecular weight excluding hydrogens is 268 g/mol. The first-order valence-electron chi connectivity index (χ1n) is 7.34. The fraction of sp³-hybridized carbons (Fsp3) is 0.500. The number of hydrogen-bond acceptors (Lipinski definition) is 4. The van der Waals surface area contributed by atoms with Crippen LogP contribution in [0.15, 0.2) is 24.3 Å². The first-order valence-corrected chi connectivity index (χ1v) is 7.34. The third-order valence-electron chi connectivity index (χ3n) is 3.78. The standard InChI is InChI=1S/C16H22N2O3/c1-3-21-14(19)12-6-4-7-13(10-12)18-15(20)16(2)8-5-9-17-11-16/h4,6-7,10,17H,3,5,8-9,11H2,1-2H3,(H,18,20). The molecule has 0 aliphatic carbocycles. The average molecular weight is 290 g/mol.